The van der Waals surface area contributed by atoms with E-state index in [9.17, 15) is 4.79 Å². The van der Waals surface area contributed by atoms with E-state index in [2.05, 4.69) is 15.3 Å². The molecule has 17 heavy (non-hydrogen) atoms. The first-order valence-electron chi connectivity index (χ1n) is 5.90. The van der Waals surface area contributed by atoms with E-state index in [0.29, 0.717) is 19.5 Å². The Morgan fingerprint density at radius 3 is 2.76 bits per heavy atom. The molecule has 1 unspecified atom stereocenters. The Morgan fingerprint density at radius 1 is 1.47 bits per heavy atom. The van der Waals surface area contributed by atoms with Gasteiger partial charge in [-0.15, -0.1) is 0 Å². The molecular weight excluding hydrogens is 216 g/mol. The van der Waals surface area contributed by atoms with Gasteiger partial charge in [-0.25, -0.2) is 0 Å². The summed E-state index contributed by atoms with van der Waals surface area (Å²) in [6.45, 7) is 4.89. The summed E-state index contributed by atoms with van der Waals surface area (Å²) < 4.78 is 0. The van der Waals surface area contributed by atoms with Crippen LogP contribution in [-0.2, 0) is 11.3 Å². The van der Waals surface area contributed by atoms with Gasteiger partial charge in [0.1, 0.15) is 0 Å². The fraction of sp³-hybridized carbons (Fsp3) is 0.583. The Bertz CT molecular complexity index is 346. The van der Waals surface area contributed by atoms with Crippen molar-refractivity contribution in [3.63, 3.8) is 0 Å². The number of hydrogen-bond donors (Lipinski definition) is 2. The minimum absolute atomic E-state index is 0.0182. The average Bonchev–Trinajstić information content (AvgIpc) is 2.35. The van der Waals surface area contributed by atoms with E-state index in [1.54, 1.807) is 12.4 Å². The number of rotatable bonds is 6. The summed E-state index contributed by atoms with van der Waals surface area (Å²) in [5.41, 5.74) is 7.19. The Balaban J connectivity index is 2.35. The Labute approximate surface area is 102 Å². The lowest BCUT2D eigenvalue weighted by atomic mass is 10.0. The molecule has 5 nitrogen and oxygen atoms in total. The maximum absolute atomic E-state index is 11.6. The zero-order valence-corrected chi connectivity index (χ0v) is 10.4. The lowest BCUT2D eigenvalue weighted by molar-refractivity contribution is -0.122. The molecule has 0 saturated carbocycles. The standard InChI is InChI=1S/C12H20N4O/c1-3-10(5-13)4-12(17)16-8-11-7-14-9(2)6-15-11/h6-7,10H,3-5,8,13H2,1-2H3,(H,16,17). The summed E-state index contributed by atoms with van der Waals surface area (Å²) in [5, 5.41) is 2.82. The van der Waals surface area contributed by atoms with Gasteiger partial charge in [-0.1, -0.05) is 13.3 Å². The highest BCUT2D eigenvalue weighted by molar-refractivity contribution is 5.76. The lowest BCUT2D eigenvalue weighted by Crippen LogP contribution is -2.28. The molecule has 0 aliphatic rings. The van der Waals surface area contributed by atoms with Crippen molar-refractivity contribution >= 4 is 5.91 Å². The van der Waals surface area contributed by atoms with E-state index in [1.165, 1.54) is 0 Å². The third kappa shape index (κ3) is 4.91. The van der Waals surface area contributed by atoms with Crippen molar-refractivity contribution in [1.29, 1.82) is 0 Å². The third-order valence-electron chi connectivity index (χ3n) is 2.69. The first-order valence-corrected chi connectivity index (χ1v) is 5.90. The topological polar surface area (TPSA) is 80.9 Å². The lowest BCUT2D eigenvalue weighted by Gasteiger charge is -2.11. The SMILES string of the molecule is CCC(CN)CC(=O)NCc1cnc(C)cn1. The second-order valence-corrected chi connectivity index (χ2v) is 4.14. The number of nitrogens with zero attached hydrogens (tertiary/aromatic N) is 2. The molecule has 0 aliphatic heterocycles. The molecule has 1 aromatic heterocycles. The minimum atomic E-state index is 0.0182. The molecule has 0 fully saturated rings. The minimum Gasteiger partial charge on any atom is -0.350 e. The zero-order valence-electron chi connectivity index (χ0n) is 10.4. The summed E-state index contributed by atoms with van der Waals surface area (Å²) in [7, 11) is 0. The first kappa shape index (κ1) is 13.6. The van der Waals surface area contributed by atoms with Gasteiger partial charge in [0.25, 0.3) is 0 Å². The van der Waals surface area contributed by atoms with Crippen LogP contribution in [0.1, 0.15) is 31.2 Å². The number of aryl methyl sites for hydroxylation is 1. The first-order chi connectivity index (χ1) is 8.15. The van der Waals surface area contributed by atoms with Gasteiger partial charge in [-0.2, -0.15) is 0 Å². The maximum Gasteiger partial charge on any atom is 0.220 e. The van der Waals surface area contributed by atoms with Gasteiger partial charge in [-0.05, 0) is 19.4 Å². The maximum atomic E-state index is 11.6. The fourth-order valence-electron chi connectivity index (χ4n) is 1.43. The number of amides is 1. The van der Waals surface area contributed by atoms with Crippen LogP contribution in [0.4, 0.5) is 0 Å². The van der Waals surface area contributed by atoms with Crippen LogP contribution in [-0.4, -0.2) is 22.4 Å². The molecule has 0 aromatic carbocycles. The van der Waals surface area contributed by atoms with Crippen molar-refractivity contribution < 1.29 is 4.79 Å². The van der Waals surface area contributed by atoms with E-state index in [1.807, 2.05) is 13.8 Å². The summed E-state index contributed by atoms with van der Waals surface area (Å²) in [6.07, 6.45) is 4.77. The molecule has 0 aliphatic carbocycles. The van der Waals surface area contributed by atoms with Crippen molar-refractivity contribution in [1.82, 2.24) is 15.3 Å². The van der Waals surface area contributed by atoms with Crippen LogP contribution >= 0.6 is 0 Å². The monoisotopic (exact) mass is 236 g/mol. The highest BCUT2D eigenvalue weighted by atomic mass is 16.1. The molecule has 1 heterocycles. The predicted molar refractivity (Wildman–Crippen MR) is 66.1 cm³/mol. The molecule has 0 bridgehead atoms. The van der Waals surface area contributed by atoms with E-state index < -0.39 is 0 Å². The van der Waals surface area contributed by atoms with Crippen molar-refractivity contribution in [2.45, 2.75) is 33.2 Å². The van der Waals surface area contributed by atoms with Gasteiger partial charge in [0.2, 0.25) is 5.91 Å². The van der Waals surface area contributed by atoms with Crippen molar-refractivity contribution in [3.05, 3.63) is 23.8 Å². The van der Waals surface area contributed by atoms with Crippen molar-refractivity contribution in [2.75, 3.05) is 6.54 Å². The van der Waals surface area contributed by atoms with E-state index in [0.717, 1.165) is 17.8 Å². The van der Waals surface area contributed by atoms with Gasteiger partial charge < -0.3 is 11.1 Å². The number of hydrogen-bond acceptors (Lipinski definition) is 4. The van der Waals surface area contributed by atoms with Crippen molar-refractivity contribution in [2.24, 2.45) is 11.7 Å². The summed E-state index contributed by atoms with van der Waals surface area (Å²) in [6, 6.07) is 0. The summed E-state index contributed by atoms with van der Waals surface area (Å²) in [5.74, 6) is 0.281. The van der Waals surface area contributed by atoms with Gasteiger partial charge in [0.05, 0.1) is 24.1 Å². The highest BCUT2D eigenvalue weighted by Crippen LogP contribution is 2.05. The van der Waals surface area contributed by atoms with Crippen LogP contribution in [0.2, 0.25) is 0 Å². The van der Waals surface area contributed by atoms with Crippen molar-refractivity contribution in [3.8, 4) is 0 Å². The molecule has 0 radical (unpaired) electrons. The molecule has 1 atom stereocenters. The van der Waals surface area contributed by atoms with Crippen LogP contribution in [0.25, 0.3) is 0 Å². The second-order valence-electron chi connectivity index (χ2n) is 4.14. The van der Waals surface area contributed by atoms with Crippen LogP contribution in [0.15, 0.2) is 12.4 Å². The number of carbonyl (C=O) groups excluding carboxylic acids is 1. The van der Waals surface area contributed by atoms with Gasteiger partial charge >= 0.3 is 0 Å². The van der Waals surface area contributed by atoms with Gasteiger partial charge in [-0.3, -0.25) is 14.8 Å². The molecular formula is C12H20N4O. The fourth-order valence-corrected chi connectivity index (χ4v) is 1.43. The zero-order chi connectivity index (χ0) is 12.7. The Morgan fingerprint density at radius 2 is 2.24 bits per heavy atom. The number of aromatic nitrogens is 2. The Hall–Kier alpha value is -1.49. The quantitative estimate of drug-likeness (QED) is 0.764. The number of nitrogens with one attached hydrogen (secondary N) is 1. The van der Waals surface area contributed by atoms with Gasteiger partial charge in [0, 0.05) is 12.6 Å². The second kappa shape index (κ2) is 6.96. The molecule has 1 amide bonds. The Kier molecular flexibility index (Phi) is 5.56. The van der Waals surface area contributed by atoms with Crippen LogP contribution in [0.3, 0.4) is 0 Å². The highest BCUT2D eigenvalue weighted by Gasteiger charge is 2.10. The van der Waals surface area contributed by atoms with Crippen LogP contribution in [0.5, 0.6) is 0 Å². The molecule has 1 aromatic rings. The third-order valence-corrected chi connectivity index (χ3v) is 2.69. The number of nitrogens with two attached hydrogens (primary N) is 1. The van der Waals surface area contributed by atoms with E-state index >= 15 is 0 Å². The summed E-state index contributed by atoms with van der Waals surface area (Å²) in [4.78, 5) is 19.9. The van der Waals surface area contributed by atoms with Crippen LogP contribution in [0, 0.1) is 12.8 Å². The molecule has 3 N–H and O–H groups in total. The van der Waals surface area contributed by atoms with E-state index in [-0.39, 0.29) is 11.8 Å². The summed E-state index contributed by atoms with van der Waals surface area (Å²) >= 11 is 0. The molecule has 1 rings (SSSR count). The smallest absolute Gasteiger partial charge is 0.220 e. The predicted octanol–water partition coefficient (Wildman–Crippen LogP) is 0.776. The van der Waals surface area contributed by atoms with Crippen LogP contribution < -0.4 is 11.1 Å². The molecule has 0 saturated heterocycles. The number of carbonyl (C=O) groups is 1. The molecule has 5 heteroatoms. The largest absolute Gasteiger partial charge is 0.350 e. The molecule has 94 valence electrons. The average molecular weight is 236 g/mol. The normalized spacial score (nSPS) is 12.2. The molecule has 0 spiro atoms. The van der Waals surface area contributed by atoms with Gasteiger partial charge in [0.15, 0.2) is 0 Å². The van der Waals surface area contributed by atoms with E-state index in [4.69, 9.17) is 5.73 Å².